The summed E-state index contributed by atoms with van der Waals surface area (Å²) in [5.41, 5.74) is 1.46. The first kappa shape index (κ1) is 10.2. The van der Waals surface area contributed by atoms with Crippen LogP contribution < -0.4 is 0 Å². The molecule has 0 fully saturated rings. The summed E-state index contributed by atoms with van der Waals surface area (Å²) >= 11 is 5.21. The lowest BCUT2D eigenvalue weighted by atomic mass is 9.91. The van der Waals surface area contributed by atoms with E-state index >= 15 is 0 Å². The van der Waals surface area contributed by atoms with Crippen LogP contribution >= 0.6 is 27.3 Å². The Morgan fingerprint density at radius 1 is 1.57 bits per heavy atom. The third-order valence-corrected chi connectivity index (χ3v) is 4.45. The molecule has 0 saturated carbocycles. The summed E-state index contributed by atoms with van der Waals surface area (Å²) in [6, 6.07) is 0. The first-order chi connectivity index (χ1) is 6.61. The van der Waals surface area contributed by atoms with Crippen molar-refractivity contribution < 1.29 is 0 Å². The summed E-state index contributed by atoms with van der Waals surface area (Å²) in [7, 11) is 0. The van der Waals surface area contributed by atoms with E-state index in [0.717, 1.165) is 16.7 Å². The highest BCUT2D eigenvalue weighted by Gasteiger charge is 2.18. The smallest absolute Gasteiger partial charge is 0.193 e. The van der Waals surface area contributed by atoms with Crippen LogP contribution in [0.5, 0.6) is 0 Å². The molecule has 0 bridgehead atoms. The predicted octanol–water partition coefficient (Wildman–Crippen LogP) is 3.36. The van der Waals surface area contributed by atoms with Crippen LogP contribution in [-0.2, 0) is 6.42 Å². The Morgan fingerprint density at radius 2 is 2.36 bits per heavy atom. The van der Waals surface area contributed by atoms with Gasteiger partial charge in [0.15, 0.2) is 4.96 Å². The minimum absolute atomic E-state index is 0.282. The number of thiazole rings is 1. The van der Waals surface area contributed by atoms with Crippen molar-refractivity contribution in [1.82, 2.24) is 9.38 Å². The van der Waals surface area contributed by atoms with Crippen molar-refractivity contribution in [2.45, 2.75) is 20.3 Å². The van der Waals surface area contributed by atoms with E-state index in [-0.39, 0.29) is 5.41 Å². The molecule has 2 aromatic rings. The largest absolute Gasteiger partial charge is 0.297 e. The Hall–Kier alpha value is -0.350. The lowest BCUT2D eigenvalue weighted by Crippen LogP contribution is -2.16. The molecular weight excluding hydrogens is 260 g/mol. The second-order valence-corrected chi connectivity index (χ2v) is 5.73. The quantitative estimate of drug-likeness (QED) is 0.784. The lowest BCUT2D eigenvalue weighted by Gasteiger charge is -2.19. The van der Waals surface area contributed by atoms with Gasteiger partial charge in [-0.15, -0.1) is 11.3 Å². The number of halogens is 1. The van der Waals surface area contributed by atoms with Crippen LogP contribution in [0.2, 0.25) is 0 Å². The highest BCUT2D eigenvalue weighted by atomic mass is 79.9. The molecule has 76 valence electrons. The molecule has 0 aromatic carbocycles. The summed E-state index contributed by atoms with van der Waals surface area (Å²) in [5.74, 6) is 0. The van der Waals surface area contributed by atoms with Gasteiger partial charge in [0, 0.05) is 23.1 Å². The van der Waals surface area contributed by atoms with Crippen LogP contribution in [0, 0.1) is 5.41 Å². The molecule has 2 heterocycles. The van der Waals surface area contributed by atoms with Crippen molar-refractivity contribution in [3.63, 3.8) is 0 Å². The Labute approximate surface area is 96.1 Å². The average molecular weight is 273 g/mol. The molecule has 2 aromatic heterocycles. The zero-order valence-corrected chi connectivity index (χ0v) is 10.7. The first-order valence-electron chi connectivity index (χ1n) is 4.58. The fourth-order valence-electron chi connectivity index (χ4n) is 1.40. The van der Waals surface area contributed by atoms with Crippen molar-refractivity contribution in [2.75, 3.05) is 5.33 Å². The van der Waals surface area contributed by atoms with Gasteiger partial charge in [-0.1, -0.05) is 29.8 Å². The highest BCUT2D eigenvalue weighted by molar-refractivity contribution is 9.09. The number of nitrogens with zero attached hydrogens (tertiary/aromatic N) is 2. The lowest BCUT2D eigenvalue weighted by molar-refractivity contribution is 0.420. The van der Waals surface area contributed by atoms with Crippen LogP contribution in [0.3, 0.4) is 0 Å². The van der Waals surface area contributed by atoms with Crippen molar-refractivity contribution in [2.24, 2.45) is 5.41 Å². The van der Waals surface area contributed by atoms with Gasteiger partial charge >= 0.3 is 0 Å². The molecule has 0 aliphatic heterocycles. The Bertz CT molecular complexity index is 401. The molecule has 0 saturated heterocycles. The van der Waals surface area contributed by atoms with E-state index < -0.39 is 0 Å². The van der Waals surface area contributed by atoms with Gasteiger partial charge in [0.05, 0.1) is 5.69 Å². The maximum Gasteiger partial charge on any atom is 0.193 e. The third-order valence-electron chi connectivity index (χ3n) is 2.16. The number of rotatable bonds is 3. The van der Waals surface area contributed by atoms with Crippen molar-refractivity contribution in [3.05, 3.63) is 23.5 Å². The topological polar surface area (TPSA) is 17.3 Å². The van der Waals surface area contributed by atoms with Gasteiger partial charge in [0.2, 0.25) is 0 Å². The second-order valence-electron chi connectivity index (χ2n) is 4.30. The van der Waals surface area contributed by atoms with E-state index in [1.807, 2.05) is 0 Å². The number of imidazole rings is 1. The summed E-state index contributed by atoms with van der Waals surface area (Å²) in [6.45, 7) is 4.49. The van der Waals surface area contributed by atoms with Gasteiger partial charge < -0.3 is 0 Å². The van der Waals surface area contributed by atoms with Crippen LogP contribution in [0.1, 0.15) is 19.5 Å². The molecule has 4 heteroatoms. The fraction of sp³-hybridized carbons (Fsp3) is 0.500. The zero-order valence-electron chi connectivity index (χ0n) is 8.33. The summed E-state index contributed by atoms with van der Waals surface area (Å²) in [4.78, 5) is 5.65. The van der Waals surface area contributed by atoms with Crippen LogP contribution in [-0.4, -0.2) is 14.7 Å². The SMILES string of the molecule is CC(C)(CBr)Cc1cn2ccsc2n1. The minimum Gasteiger partial charge on any atom is -0.297 e. The van der Waals surface area contributed by atoms with Gasteiger partial charge in [0.1, 0.15) is 0 Å². The zero-order chi connectivity index (χ0) is 10.2. The van der Waals surface area contributed by atoms with Gasteiger partial charge in [-0.2, -0.15) is 0 Å². The van der Waals surface area contributed by atoms with Gasteiger partial charge in [-0.25, -0.2) is 4.98 Å². The van der Waals surface area contributed by atoms with Gasteiger partial charge in [-0.3, -0.25) is 4.40 Å². The Morgan fingerprint density at radius 3 is 3.00 bits per heavy atom. The molecule has 2 nitrogen and oxygen atoms in total. The van der Waals surface area contributed by atoms with E-state index in [4.69, 9.17) is 0 Å². The summed E-state index contributed by atoms with van der Waals surface area (Å²) < 4.78 is 2.09. The molecule has 0 aliphatic carbocycles. The molecule has 2 rings (SSSR count). The van der Waals surface area contributed by atoms with Crippen LogP contribution in [0.4, 0.5) is 0 Å². The number of aromatic nitrogens is 2. The highest BCUT2D eigenvalue weighted by Crippen LogP contribution is 2.24. The fourth-order valence-corrected chi connectivity index (χ4v) is 2.32. The van der Waals surface area contributed by atoms with E-state index in [9.17, 15) is 0 Å². The Kier molecular flexibility index (Phi) is 2.66. The molecule has 0 N–H and O–H groups in total. The van der Waals surface area contributed by atoms with E-state index in [1.54, 1.807) is 11.3 Å². The molecular formula is C10H13BrN2S. The van der Waals surface area contributed by atoms with E-state index in [1.165, 1.54) is 5.69 Å². The molecule has 0 spiro atoms. The molecule has 14 heavy (non-hydrogen) atoms. The number of hydrogen-bond donors (Lipinski definition) is 0. The molecule has 0 unspecified atom stereocenters. The van der Waals surface area contributed by atoms with Gasteiger partial charge in [-0.05, 0) is 11.8 Å². The third kappa shape index (κ3) is 2.01. The average Bonchev–Trinajstić information content (AvgIpc) is 2.63. The van der Waals surface area contributed by atoms with Gasteiger partial charge in [0.25, 0.3) is 0 Å². The predicted molar refractivity (Wildman–Crippen MR) is 64.3 cm³/mol. The Balaban J connectivity index is 2.23. The van der Waals surface area contributed by atoms with Crippen molar-refractivity contribution in [3.8, 4) is 0 Å². The van der Waals surface area contributed by atoms with Crippen LogP contribution in [0.15, 0.2) is 17.8 Å². The number of alkyl halides is 1. The van der Waals surface area contributed by atoms with E-state index in [0.29, 0.717) is 0 Å². The molecule has 0 atom stereocenters. The number of fused-ring (bicyclic) bond motifs is 1. The summed E-state index contributed by atoms with van der Waals surface area (Å²) in [5, 5.41) is 3.06. The monoisotopic (exact) mass is 272 g/mol. The number of hydrogen-bond acceptors (Lipinski definition) is 2. The van der Waals surface area contributed by atoms with Crippen LogP contribution in [0.25, 0.3) is 4.96 Å². The summed E-state index contributed by atoms with van der Waals surface area (Å²) in [6.07, 6.45) is 5.19. The first-order valence-corrected chi connectivity index (χ1v) is 6.58. The standard InChI is InChI=1S/C10H13BrN2S/c1-10(2,7-11)5-8-6-13-3-4-14-9(13)12-8/h3-4,6H,5,7H2,1-2H3. The minimum atomic E-state index is 0.282. The maximum atomic E-state index is 4.57. The second kappa shape index (κ2) is 3.66. The van der Waals surface area contributed by atoms with E-state index in [2.05, 4.69) is 56.9 Å². The van der Waals surface area contributed by atoms with Crippen molar-refractivity contribution in [1.29, 1.82) is 0 Å². The molecule has 0 aliphatic rings. The maximum absolute atomic E-state index is 4.57. The molecule has 0 radical (unpaired) electrons. The van der Waals surface area contributed by atoms with Crippen molar-refractivity contribution >= 4 is 32.2 Å². The normalized spacial score (nSPS) is 12.5. The molecule has 0 amide bonds.